The van der Waals surface area contributed by atoms with Crippen LogP contribution in [0.15, 0.2) is 30.5 Å². The molecule has 2 aromatic rings. The van der Waals surface area contributed by atoms with Crippen molar-refractivity contribution < 1.29 is 4.74 Å². The fraction of sp³-hybridized carbons (Fsp3) is 0.357. The molecule has 0 radical (unpaired) electrons. The van der Waals surface area contributed by atoms with Gasteiger partial charge in [0.2, 0.25) is 0 Å². The second kappa shape index (κ2) is 7.04. The molecule has 0 saturated carbocycles. The van der Waals surface area contributed by atoms with Gasteiger partial charge < -0.3 is 10.1 Å². The van der Waals surface area contributed by atoms with Crippen LogP contribution in [0, 0.1) is 6.92 Å². The second-order valence-electron chi connectivity index (χ2n) is 4.12. The number of benzene rings is 1. The number of nitrogens with one attached hydrogen (secondary N) is 1. The third-order valence-corrected chi connectivity index (χ3v) is 3.06. The lowest BCUT2D eigenvalue weighted by atomic mass is 10.2. The lowest BCUT2D eigenvalue weighted by Crippen LogP contribution is -2.03. The topological polar surface area (TPSA) is 39.1 Å². The first kappa shape index (κ1) is 15.4. The van der Waals surface area contributed by atoms with Crippen molar-refractivity contribution in [1.82, 2.24) is 9.78 Å². The molecule has 0 amide bonds. The molecular weight excluding hydrogens is 262 g/mol. The maximum atomic E-state index is 5.33. The van der Waals surface area contributed by atoms with Gasteiger partial charge in [-0.3, -0.25) is 4.68 Å². The zero-order valence-corrected chi connectivity index (χ0v) is 12.3. The van der Waals surface area contributed by atoms with Crippen molar-refractivity contribution in [3.63, 3.8) is 0 Å². The first-order valence-electron chi connectivity index (χ1n) is 6.14. The lowest BCUT2D eigenvalue weighted by molar-refractivity contribution is 0.410. The van der Waals surface area contributed by atoms with E-state index in [-0.39, 0.29) is 12.4 Å². The molecule has 2 rings (SSSR count). The molecule has 0 fully saturated rings. The van der Waals surface area contributed by atoms with Gasteiger partial charge in [0.25, 0.3) is 0 Å². The maximum Gasteiger partial charge on any atom is 0.123 e. The number of aromatic nitrogens is 2. The van der Waals surface area contributed by atoms with E-state index in [1.54, 1.807) is 7.11 Å². The fourth-order valence-corrected chi connectivity index (χ4v) is 1.98. The highest BCUT2D eigenvalue weighted by atomic mass is 35.5. The lowest BCUT2D eigenvalue weighted by Gasteiger charge is -2.10. The quantitative estimate of drug-likeness (QED) is 0.914. The molecule has 0 aliphatic carbocycles. The number of ether oxygens (including phenoxy) is 1. The van der Waals surface area contributed by atoms with E-state index < -0.39 is 0 Å². The van der Waals surface area contributed by atoms with E-state index >= 15 is 0 Å². The molecule has 1 aromatic heterocycles. The average molecular weight is 282 g/mol. The Bertz CT molecular complexity index is 525. The van der Waals surface area contributed by atoms with Gasteiger partial charge >= 0.3 is 0 Å². The van der Waals surface area contributed by atoms with E-state index in [0.717, 1.165) is 35.8 Å². The Morgan fingerprint density at radius 1 is 1.32 bits per heavy atom. The second-order valence-corrected chi connectivity index (χ2v) is 4.12. The number of para-hydroxylation sites is 1. The number of methoxy groups -OCH3 is 1. The molecular formula is C14H20ClN3O. The molecule has 0 atom stereocenters. The minimum absolute atomic E-state index is 0. The normalized spacial score (nSPS) is 9.84. The van der Waals surface area contributed by atoms with Crippen LogP contribution in [0.3, 0.4) is 0 Å². The number of anilines is 1. The maximum absolute atomic E-state index is 5.33. The summed E-state index contributed by atoms with van der Waals surface area (Å²) >= 11 is 0. The SMILES string of the molecule is CCn1ncc(NCc2ccccc2OC)c1C.Cl. The summed E-state index contributed by atoms with van der Waals surface area (Å²) in [7, 11) is 1.69. The number of hydrogen-bond acceptors (Lipinski definition) is 3. The molecule has 1 N–H and O–H groups in total. The third kappa shape index (κ3) is 3.41. The average Bonchev–Trinajstić information content (AvgIpc) is 2.77. The zero-order valence-electron chi connectivity index (χ0n) is 11.5. The molecule has 4 nitrogen and oxygen atoms in total. The summed E-state index contributed by atoms with van der Waals surface area (Å²) < 4.78 is 7.31. The van der Waals surface area contributed by atoms with Crippen LogP contribution >= 0.6 is 12.4 Å². The van der Waals surface area contributed by atoms with Crippen LogP contribution < -0.4 is 10.1 Å². The van der Waals surface area contributed by atoms with Crippen LogP contribution in [0.25, 0.3) is 0 Å². The van der Waals surface area contributed by atoms with Crippen LogP contribution in [0.2, 0.25) is 0 Å². The molecule has 1 heterocycles. The summed E-state index contributed by atoms with van der Waals surface area (Å²) in [4.78, 5) is 0. The van der Waals surface area contributed by atoms with Crippen LogP contribution in [0.5, 0.6) is 5.75 Å². The molecule has 19 heavy (non-hydrogen) atoms. The summed E-state index contributed by atoms with van der Waals surface area (Å²) in [6.45, 7) is 5.79. The van der Waals surface area contributed by atoms with Crippen molar-refractivity contribution in [3.05, 3.63) is 41.7 Å². The Balaban J connectivity index is 0.00000180. The van der Waals surface area contributed by atoms with E-state index in [1.807, 2.05) is 29.1 Å². The molecule has 0 saturated heterocycles. The van der Waals surface area contributed by atoms with Crippen molar-refractivity contribution in [2.24, 2.45) is 0 Å². The minimum atomic E-state index is 0. The van der Waals surface area contributed by atoms with Crippen LogP contribution in [-0.4, -0.2) is 16.9 Å². The Morgan fingerprint density at radius 3 is 2.68 bits per heavy atom. The highest BCUT2D eigenvalue weighted by Gasteiger charge is 2.06. The van der Waals surface area contributed by atoms with Crippen molar-refractivity contribution >= 4 is 18.1 Å². The van der Waals surface area contributed by atoms with Crippen LogP contribution in [0.1, 0.15) is 18.2 Å². The molecule has 0 unspecified atom stereocenters. The summed E-state index contributed by atoms with van der Waals surface area (Å²) in [5.74, 6) is 0.908. The van der Waals surface area contributed by atoms with Gasteiger partial charge in [0.05, 0.1) is 24.7 Å². The first-order valence-corrected chi connectivity index (χ1v) is 6.14. The van der Waals surface area contributed by atoms with Gasteiger partial charge in [-0.15, -0.1) is 12.4 Å². The molecule has 0 aliphatic rings. The standard InChI is InChI=1S/C14H19N3O.ClH/c1-4-17-11(2)13(10-16-17)15-9-12-7-5-6-8-14(12)18-3;/h5-8,10,15H,4,9H2,1-3H3;1H. The third-order valence-electron chi connectivity index (χ3n) is 3.06. The minimum Gasteiger partial charge on any atom is -0.496 e. The molecule has 0 aliphatic heterocycles. The van der Waals surface area contributed by atoms with E-state index in [9.17, 15) is 0 Å². The van der Waals surface area contributed by atoms with Crippen molar-refractivity contribution in [3.8, 4) is 5.75 Å². The molecule has 0 spiro atoms. The molecule has 1 aromatic carbocycles. The van der Waals surface area contributed by atoms with Crippen molar-refractivity contribution in [2.75, 3.05) is 12.4 Å². The number of nitrogens with zero attached hydrogens (tertiary/aromatic N) is 2. The van der Waals surface area contributed by atoms with Crippen molar-refractivity contribution in [2.45, 2.75) is 26.9 Å². The predicted octanol–water partition coefficient (Wildman–Crippen LogP) is 3.25. The van der Waals surface area contributed by atoms with Gasteiger partial charge in [0, 0.05) is 18.7 Å². The summed E-state index contributed by atoms with van der Waals surface area (Å²) in [6, 6.07) is 8.02. The fourth-order valence-electron chi connectivity index (χ4n) is 1.98. The Hall–Kier alpha value is -1.68. The molecule has 0 bridgehead atoms. The van der Waals surface area contributed by atoms with E-state index in [0.29, 0.717) is 0 Å². The summed E-state index contributed by atoms with van der Waals surface area (Å²) in [5, 5.41) is 7.71. The molecule has 5 heteroatoms. The van der Waals surface area contributed by atoms with Gasteiger partial charge in [0.1, 0.15) is 5.75 Å². The molecule has 104 valence electrons. The van der Waals surface area contributed by atoms with E-state index in [2.05, 4.69) is 30.3 Å². The highest BCUT2D eigenvalue weighted by molar-refractivity contribution is 5.85. The number of aryl methyl sites for hydroxylation is 1. The summed E-state index contributed by atoms with van der Waals surface area (Å²) in [5.41, 5.74) is 3.37. The van der Waals surface area contributed by atoms with Gasteiger partial charge in [-0.05, 0) is 19.9 Å². The number of rotatable bonds is 5. The van der Waals surface area contributed by atoms with Crippen LogP contribution in [-0.2, 0) is 13.1 Å². The van der Waals surface area contributed by atoms with Crippen LogP contribution in [0.4, 0.5) is 5.69 Å². The largest absolute Gasteiger partial charge is 0.496 e. The smallest absolute Gasteiger partial charge is 0.123 e. The van der Waals surface area contributed by atoms with E-state index in [4.69, 9.17) is 4.74 Å². The highest BCUT2D eigenvalue weighted by Crippen LogP contribution is 2.20. The van der Waals surface area contributed by atoms with Crippen molar-refractivity contribution in [1.29, 1.82) is 0 Å². The first-order chi connectivity index (χ1) is 8.76. The van der Waals surface area contributed by atoms with Gasteiger partial charge in [-0.2, -0.15) is 5.10 Å². The monoisotopic (exact) mass is 281 g/mol. The number of hydrogen-bond donors (Lipinski definition) is 1. The van der Waals surface area contributed by atoms with Gasteiger partial charge in [0.15, 0.2) is 0 Å². The Kier molecular flexibility index (Phi) is 5.70. The predicted molar refractivity (Wildman–Crippen MR) is 80.2 cm³/mol. The Labute approximate surface area is 120 Å². The van der Waals surface area contributed by atoms with Gasteiger partial charge in [-0.1, -0.05) is 18.2 Å². The zero-order chi connectivity index (χ0) is 13.0. The van der Waals surface area contributed by atoms with Gasteiger partial charge in [-0.25, -0.2) is 0 Å². The number of halogens is 1. The van der Waals surface area contributed by atoms with E-state index in [1.165, 1.54) is 0 Å². The summed E-state index contributed by atoms with van der Waals surface area (Å²) in [6.07, 6.45) is 1.87. The Morgan fingerprint density at radius 2 is 2.05 bits per heavy atom.